The maximum absolute atomic E-state index is 13.8. The van der Waals surface area contributed by atoms with Crippen molar-refractivity contribution in [3.05, 3.63) is 71.7 Å². The fourth-order valence-corrected chi connectivity index (χ4v) is 3.16. The van der Waals surface area contributed by atoms with E-state index in [9.17, 15) is 9.18 Å². The molecule has 0 aliphatic carbocycles. The first kappa shape index (κ1) is 17.7. The third-order valence-corrected chi connectivity index (χ3v) is 4.51. The molecule has 2 aromatic carbocycles. The molecule has 140 valence electrons. The summed E-state index contributed by atoms with van der Waals surface area (Å²) < 4.78 is 13.8. The molecule has 2 aromatic heterocycles. The van der Waals surface area contributed by atoms with Gasteiger partial charge in [0.25, 0.3) is 0 Å². The van der Waals surface area contributed by atoms with Gasteiger partial charge in [0.05, 0.1) is 11.8 Å². The van der Waals surface area contributed by atoms with Gasteiger partial charge >= 0.3 is 0 Å². The van der Waals surface area contributed by atoms with Crippen LogP contribution in [0.5, 0.6) is 0 Å². The smallest absolute Gasteiger partial charge is 0.228 e. The molecule has 0 aliphatic heterocycles. The van der Waals surface area contributed by atoms with Crippen LogP contribution in [0.15, 0.2) is 54.7 Å². The van der Waals surface area contributed by atoms with Crippen molar-refractivity contribution >= 4 is 28.4 Å². The number of halogens is 1. The Kier molecular flexibility index (Phi) is 4.49. The molecule has 0 atom stereocenters. The third-order valence-electron chi connectivity index (χ3n) is 4.51. The van der Waals surface area contributed by atoms with Crippen molar-refractivity contribution < 1.29 is 9.18 Å². The van der Waals surface area contributed by atoms with Crippen LogP contribution >= 0.6 is 0 Å². The number of hydrogen-bond acceptors (Lipinski definition) is 4. The Balaban J connectivity index is 1.52. The largest absolute Gasteiger partial charge is 0.383 e. The maximum atomic E-state index is 13.8. The molecule has 28 heavy (non-hydrogen) atoms. The summed E-state index contributed by atoms with van der Waals surface area (Å²) in [4.78, 5) is 16.5. The lowest BCUT2D eigenvalue weighted by atomic mass is 10.0. The first-order chi connectivity index (χ1) is 13.5. The Labute approximate surface area is 160 Å². The molecule has 0 saturated heterocycles. The zero-order valence-corrected chi connectivity index (χ0v) is 15.2. The summed E-state index contributed by atoms with van der Waals surface area (Å²) in [6.07, 6.45) is 1.65. The van der Waals surface area contributed by atoms with Crippen LogP contribution in [0.4, 0.5) is 15.9 Å². The van der Waals surface area contributed by atoms with Gasteiger partial charge < -0.3 is 11.1 Å². The van der Waals surface area contributed by atoms with E-state index in [0.29, 0.717) is 22.7 Å². The van der Waals surface area contributed by atoms with E-state index in [1.54, 1.807) is 30.5 Å². The van der Waals surface area contributed by atoms with Gasteiger partial charge in [-0.15, -0.1) is 0 Å². The van der Waals surface area contributed by atoms with E-state index in [-0.39, 0.29) is 18.1 Å². The van der Waals surface area contributed by atoms with E-state index in [1.807, 2.05) is 25.1 Å². The van der Waals surface area contributed by atoms with E-state index < -0.39 is 0 Å². The minimum Gasteiger partial charge on any atom is -0.383 e. The van der Waals surface area contributed by atoms with Gasteiger partial charge in [-0.25, -0.2) is 9.37 Å². The molecule has 0 fully saturated rings. The fourth-order valence-electron chi connectivity index (χ4n) is 3.16. The Morgan fingerprint density at radius 1 is 1.18 bits per heavy atom. The monoisotopic (exact) mass is 375 g/mol. The lowest BCUT2D eigenvalue weighted by Crippen LogP contribution is -2.15. The molecule has 0 radical (unpaired) electrons. The first-order valence-corrected chi connectivity index (χ1v) is 8.75. The Morgan fingerprint density at radius 2 is 1.96 bits per heavy atom. The zero-order chi connectivity index (χ0) is 19.7. The summed E-state index contributed by atoms with van der Waals surface area (Å²) in [7, 11) is 0. The zero-order valence-electron chi connectivity index (χ0n) is 15.2. The minimum absolute atomic E-state index is 0.0220. The van der Waals surface area contributed by atoms with Crippen LogP contribution in [0.1, 0.15) is 11.1 Å². The predicted molar refractivity (Wildman–Crippen MR) is 107 cm³/mol. The number of carbonyl (C=O) groups is 1. The van der Waals surface area contributed by atoms with Crippen molar-refractivity contribution in [3.8, 4) is 11.1 Å². The quantitative estimate of drug-likeness (QED) is 0.505. The number of hydrogen-bond donors (Lipinski definition) is 3. The Bertz CT molecular complexity index is 1170. The Hall–Kier alpha value is -3.74. The highest BCUT2D eigenvalue weighted by atomic mass is 19.1. The van der Waals surface area contributed by atoms with E-state index in [1.165, 1.54) is 6.07 Å². The number of aryl methyl sites for hydroxylation is 1. The molecule has 4 rings (SSSR count). The predicted octanol–water partition coefficient (Wildman–Crippen LogP) is 3.84. The number of nitrogen functional groups attached to an aromatic ring is 1. The van der Waals surface area contributed by atoms with Crippen LogP contribution in [0.2, 0.25) is 0 Å². The molecule has 0 unspecified atom stereocenters. The number of nitrogens with two attached hydrogens (primary N) is 1. The highest BCUT2D eigenvalue weighted by molar-refractivity contribution is 6.00. The van der Waals surface area contributed by atoms with Gasteiger partial charge in [-0.1, -0.05) is 29.8 Å². The number of rotatable bonds is 4. The molecule has 2 heterocycles. The number of amides is 1. The molecule has 4 aromatic rings. The molecule has 0 aliphatic rings. The van der Waals surface area contributed by atoms with Crippen LogP contribution in [0.25, 0.3) is 22.2 Å². The standard InChI is InChI=1S/C21H18FN5O/c1-12-2-7-17(22)14(10-12)11-18(28)25-15-5-3-13(4-6-15)16-8-9-24-21-19(16)20(23)26-27-21/h2-10H,11H2,1H3,(H,25,28)(H3,23,24,26,27). The SMILES string of the molecule is Cc1ccc(F)c(CC(=O)Nc2ccc(-c3ccnc4n[nH]c(N)c34)cc2)c1. The van der Waals surface area contributed by atoms with Crippen molar-refractivity contribution in [2.45, 2.75) is 13.3 Å². The third kappa shape index (κ3) is 3.42. The highest BCUT2D eigenvalue weighted by Gasteiger charge is 2.12. The van der Waals surface area contributed by atoms with E-state index >= 15 is 0 Å². The van der Waals surface area contributed by atoms with Gasteiger partial charge in [-0.3, -0.25) is 9.89 Å². The molecule has 0 bridgehead atoms. The normalized spacial score (nSPS) is 10.9. The van der Waals surface area contributed by atoms with Gasteiger partial charge in [0.15, 0.2) is 5.65 Å². The highest BCUT2D eigenvalue weighted by Crippen LogP contribution is 2.30. The topological polar surface area (TPSA) is 96.7 Å². The minimum atomic E-state index is -0.379. The molecule has 0 spiro atoms. The van der Waals surface area contributed by atoms with Crippen molar-refractivity contribution in [3.63, 3.8) is 0 Å². The molecular weight excluding hydrogens is 357 g/mol. The fraction of sp³-hybridized carbons (Fsp3) is 0.0952. The number of aromatic nitrogens is 3. The molecule has 4 N–H and O–H groups in total. The van der Waals surface area contributed by atoms with Gasteiger partial charge in [0.1, 0.15) is 11.6 Å². The summed E-state index contributed by atoms with van der Waals surface area (Å²) in [5.74, 6) is -0.200. The molecule has 7 heteroatoms. The summed E-state index contributed by atoms with van der Waals surface area (Å²) in [6, 6.07) is 13.9. The molecule has 0 saturated carbocycles. The van der Waals surface area contributed by atoms with Crippen LogP contribution in [0.3, 0.4) is 0 Å². The average molecular weight is 375 g/mol. The number of nitrogens with one attached hydrogen (secondary N) is 2. The number of fused-ring (bicyclic) bond motifs is 1. The lowest BCUT2D eigenvalue weighted by Gasteiger charge is -2.09. The van der Waals surface area contributed by atoms with Crippen molar-refractivity contribution in [1.82, 2.24) is 15.2 Å². The Morgan fingerprint density at radius 3 is 2.75 bits per heavy atom. The van der Waals surface area contributed by atoms with Gasteiger partial charge in [-0.05, 0) is 47.9 Å². The van der Waals surface area contributed by atoms with Gasteiger partial charge in [0.2, 0.25) is 5.91 Å². The summed E-state index contributed by atoms with van der Waals surface area (Å²) >= 11 is 0. The molecule has 6 nitrogen and oxygen atoms in total. The lowest BCUT2D eigenvalue weighted by molar-refractivity contribution is -0.115. The first-order valence-electron chi connectivity index (χ1n) is 8.75. The molecule has 1 amide bonds. The summed E-state index contributed by atoms with van der Waals surface area (Å²) in [5.41, 5.74) is 10.3. The number of H-pyrrole nitrogens is 1. The second kappa shape index (κ2) is 7.11. The second-order valence-electron chi connectivity index (χ2n) is 6.59. The van der Waals surface area contributed by atoms with Crippen molar-refractivity contribution in [2.24, 2.45) is 0 Å². The molecular formula is C21H18FN5O. The van der Waals surface area contributed by atoms with Crippen molar-refractivity contribution in [2.75, 3.05) is 11.1 Å². The van der Waals surface area contributed by atoms with E-state index in [2.05, 4.69) is 20.5 Å². The van der Waals surface area contributed by atoms with Crippen LogP contribution < -0.4 is 11.1 Å². The van der Waals surface area contributed by atoms with Crippen LogP contribution in [-0.2, 0) is 11.2 Å². The average Bonchev–Trinajstić information content (AvgIpc) is 3.07. The number of pyridine rings is 1. The van der Waals surface area contributed by atoms with Gasteiger partial charge in [0, 0.05) is 11.9 Å². The van der Waals surface area contributed by atoms with Gasteiger partial charge in [-0.2, -0.15) is 5.10 Å². The van der Waals surface area contributed by atoms with E-state index in [0.717, 1.165) is 22.1 Å². The number of carbonyl (C=O) groups excluding carboxylic acids is 1. The number of anilines is 2. The second-order valence-corrected chi connectivity index (χ2v) is 6.59. The van der Waals surface area contributed by atoms with Crippen LogP contribution in [0, 0.1) is 12.7 Å². The summed E-state index contributed by atoms with van der Waals surface area (Å²) in [6.45, 7) is 1.86. The summed E-state index contributed by atoms with van der Waals surface area (Å²) in [5, 5.41) is 10.4. The van der Waals surface area contributed by atoms with Crippen LogP contribution in [-0.4, -0.2) is 21.1 Å². The maximum Gasteiger partial charge on any atom is 0.228 e. The number of benzene rings is 2. The number of aromatic amines is 1. The van der Waals surface area contributed by atoms with E-state index in [4.69, 9.17) is 5.73 Å². The van der Waals surface area contributed by atoms with Crippen molar-refractivity contribution in [1.29, 1.82) is 0 Å². The number of nitrogens with zero attached hydrogens (tertiary/aromatic N) is 2.